The molecule has 2 aliphatic carbocycles. The Balaban J connectivity index is 0.000000254. The second-order valence-electron chi connectivity index (χ2n) is 11.1. The number of hydrogen-bond donors (Lipinski definition) is 1. The largest absolute Gasteiger partial charge is 0.330 e. The summed E-state index contributed by atoms with van der Waals surface area (Å²) in [4.78, 5) is 18.2. The van der Waals surface area contributed by atoms with Crippen molar-refractivity contribution in [1.82, 2.24) is 14.9 Å². The third-order valence-corrected chi connectivity index (χ3v) is 10.2. The molecule has 0 radical (unpaired) electrons. The smallest absolute Gasteiger partial charge is 0.282 e. The van der Waals surface area contributed by atoms with Gasteiger partial charge in [0.15, 0.2) is 5.44 Å². The molecule has 4 bridgehead atoms. The number of aromatic nitrogens is 2. The van der Waals surface area contributed by atoms with Gasteiger partial charge in [0.25, 0.3) is 5.56 Å². The first kappa shape index (κ1) is 29.6. The molecule has 4 aliphatic rings. The molecular weight excluding hydrogens is 493 g/mol. The molecule has 2 saturated heterocycles. The van der Waals surface area contributed by atoms with E-state index >= 15 is 0 Å². The highest BCUT2D eigenvalue weighted by Gasteiger charge is 2.34. The van der Waals surface area contributed by atoms with Gasteiger partial charge in [-0.05, 0) is 69.9 Å². The molecule has 1 aromatic carbocycles. The van der Waals surface area contributed by atoms with Crippen LogP contribution in [0.1, 0.15) is 111 Å². The summed E-state index contributed by atoms with van der Waals surface area (Å²) in [6.07, 6.45) is 16.5. The zero-order valence-electron chi connectivity index (χ0n) is 24.2. The molecule has 6 rings (SSSR count). The van der Waals surface area contributed by atoms with Crippen molar-refractivity contribution in [1.29, 1.82) is 0 Å². The Morgan fingerprint density at radius 3 is 1.97 bits per heavy atom. The van der Waals surface area contributed by atoms with Gasteiger partial charge in [0.05, 0.1) is 24.2 Å². The number of nitrogens with one attached hydrogen (secondary N) is 1. The Labute approximate surface area is 231 Å². The molecule has 3 heterocycles. The molecule has 7 heteroatoms. The fourth-order valence-electron chi connectivity index (χ4n) is 7.09. The van der Waals surface area contributed by atoms with Gasteiger partial charge in [0, 0.05) is 18.1 Å². The van der Waals surface area contributed by atoms with Gasteiger partial charge >= 0.3 is 0 Å². The predicted octanol–water partition coefficient (Wildman–Crippen LogP) is 7.26. The molecule has 38 heavy (non-hydrogen) atoms. The Kier molecular flexibility index (Phi) is 11.6. The number of nitrogens with zero attached hydrogens (tertiary/aromatic N) is 2. The maximum atomic E-state index is 13.5. The summed E-state index contributed by atoms with van der Waals surface area (Å²) < 4.78 is 13.5. The maximum Gasteiger partial charge on any atom is 0.282 e. The van der Waals surface area contributed by atoms with E-state index in [1.54, 1.807) is 32.1 Å². The van der Waals surface area contributed by atoms with Crippen LogP contribution in [0.25, 0.3) is 11.0 Å². The third kappa shape index (κ3) is 7.24. The van der Waals surface area contributed by atoms with Crippen LogP contribution in [0.4, 0.5) is 0 Å². The Morgan fingerprint density at radius 1 is 0.868 bits per heavy atom. The van der Waals surface area contributed by atoms with E-state index in [1.807, 2.05) is 56.5 Å². The lowest BCUT2D eigenvalue weighted by Gasteiger charge is -2.41. The van der Waals surface area contributed by atoms with Crippen LogP contribution in [0.2, 0.25) is 0 Å². The second-order valence-corrected chi connectivity index (χ2v) is 12.6. The Hall–Kier alpha value is -1.33. The lowest BCUT2D eigenvalue weighted by Crippen LogP contribution is -2.51. The molecule has 2 atom stereocenters. The fourth-order valence-corrected chi connectivity index (χ4v) is 8.33. The molecule has 2 aliphatic heterocycles. The summed E-state index contributed by atoms with van der Waals surface area (Å²) in [5.74, 6) is 2.30. The minimum absolute atomic E-state index is 0.0494. The highest BCUT2D eigenvalue weighted by atomic mass is 31.2. The van der Waals surface area contributed by atoms with Crippen molar-refractivity contribution < 1.29 is 9.05 Å². The topological polar surface area (TPSA) is 65.4 Å². The van der Waals surface area contributed by atoms with Gasteiger partial charge in [-0.3, -0.25) is 4.79 Å². The minimum Gasteiger partial charge on any atom is -0.330 e. The van der Waals surface area contributed by atoms with Crippen molar-refractivity contribution in [2.75, 3.05) is 13.2 Å². The van der Waals surface area contributed by atoms with E-state index in [4.69, 9.17) is 9.05 Å². The molecule has 2 saturated carbocycles. The first-order valence-electron chi connectivity index (χ1n) is 15.5. The van der Waals surface area contributed by atoms with Crippen molar-refractivity contribution in [3.8, 4) is 0 Å². The van der Waals surface area contributed by atoms with Gasteiger partial charge in [-0.2, -0.15) is 0 Å². The van der Waals surface area contributed by atoms with Crippen molar-refractivity contribution >= 4 is 24.8 Å². The normalized spacial score (nSPS) is 28.2. The zero-order chi connectivity index (χ0) is 26.9. The van der Waals surface area contributed by atoms with Gasteiger partial charge in [-0.1, -0.05) is 70.9 Å². The van der Waals surface area contributed by atoms with Crippen LogP contribution >= 0.6 is 8.38 Å². The van der Waals surface area contributed by atoms with Crippen molar-refractivity contribution in [3.63, 3.8) is 0 Å². The summed E-state index contributed by atoms with van der Waals surface area (Å²) in [7, 11) is -1.46. The van der Waals surface area contributed by atoms with E-state index in [9.17, 15) is 4.79 Å². The van der Waals surface area contributed by atoms with Crippen LogP contribution in [0.3, 0.4) is 0 Å². The second kappa shape index (κ2) is 14.9. The molecule has 2 unspecified atom stereocenters. The molecule has 1 N–H and O–H groups in total. The number of piperidine rings is 2. The van der Waals surface area contributed by atoms with E-state index in [0.29, 0.717) is 30.7 Å². The van der Waals surface area contributed by atoms with Gasteiger partial charge in [0.1, 0.15) is 0 Å². The summed E-state index contributed by atoms with van der Waals surface area (Å²) in [6, 6.07) is 9.14. The molecule has 6 nitrogen and oxygen atoms in total. The van der Waals surface area contributed by atoms with E-state index in [2.05, 4.69) is 10.3 Å². The summed E-state index contributed by atoms with van der Waals surface area (Å²) >= 11 is 0. The molecular formula is C31H50N3O3P. The molecule has 2 aromatic rings. The number of benzene rings is 1. The lowest BCUT2D eigenvalue weighted by molar-refractivity contribution is 0.189. The number of rotatable bonds is 6. The SMILES string of the molecule is C1CC2CCCC(C1)C2.CC.CCOP(OCC)c1nc2ccccc2n(C2CC3CCCC(C2)N3)c1=O. The van der Waals surface area contributed by atoms with Crippen LogP contribution in [-0.4, -0.2) is 34.8 Å². The molecule has 212 valence electrons. The minimum atomic E-state index is -1.46. The summed E-state index contributed by atoms with van der Waals surface area (Å²) in [6.45, 7) is 8.83. The molecule has 4 fully saturated rings. The van der Waals surface area contributed by atoms with Crippen LogP contribution in [0.5, 0.6) is 0 Å². The van der Waals surface area contributed by atoms with Gasteiger partial charge in [-0.25, -0.2) is 4.98 Å². The van der Waals surface area contributed by atoms with Crippen molar-refractivity contribution in [3.05, 3.63) is 34.6 Å². The third-order valence-electron chi connectivity index (χ3n) is 8.61. The monoisotopic (exact) mass is 543 g/mol. The van der Waals surface area contributed by atoms with Gasteiger partial charge in [0.2, 0.25) is 8.38 Å². The van der Waals surface area contributed by atoms with Crippen LogP contribution < -0.4 is 16.3 Å². The van der Waals surface area contributed by atoms with E-state index in [1.165, 1.54) is 32.1 Å². The van der Waals surface area contributed by atoms with E-state index < -0.39 is 8.38 Å². The molecule has 1 aromatic heterocycles. The highest BCUT2D eigenvalue weighted by molar-refractivity contribution is 7.55. The van der Waals surface area contributed by atoms with E-state index in [-0.39, 0.29) is 11.6 Å². The van der Waals surface area contributed by atoms with Crippen molar-refractivity contribution in [2.45, 2.75) is 123 Å². The van der Waals surface area contributed by atoms with Gasteiger partial charge < -0.3 is 18.9 Å². The number of fused-ring (bicyclic) bond motifs is 5. The first-order valence-corrected chi connectivity index (χ1v) is 16.7. The maximum absolute atomic E-state index is 13.5. The number of para-hydroxylation sites is 2. The Morgan fingerprint density at radius 2 is 1.42 bits per heavy atom. The fraction of sp³-hybridized carbons (Fsp3) is 0.742. The molecule has 0 spiro atoms. The zero-order valence-corrected chi connectivity index (χ0v) is 25.1. The average Bonchev–Trinajstić information content (AvgIpc) is 2.94. The van der Waals surface area contributed by atoms with Gasteiger partial charge in [-0.15, -0.1) is 0 Å². The first-order chi connectivity index (χ1) is 18.7. The Bertz CT molecular complexity index is 1020. The van der Waals surface area contributed by atoms with Crippen molar-refractivity contribution in [2.24, 2.45) is 11.8 Å². The quantitative estimate of drug-likeness (QED) is 0.389. The lowest BCUT2D eigenvalue weighted by atomic mass is 9.72. The van der Waals surface area contributed by atoms with Crippen LogP contribution in [-0.2, 0) is 9.05 Å². The predicted molar refractivity (Wildman–Crippen MR) is 159 cm³/mol. The standard InChI is InChI=1S/C20H28N3O3P.C9H16.C2H6/c1-3-25-27(26-4-2)19-20(24)23(18-11-6-5-10-17(18)22-19)16-12-14-8-7-9-15(13-16)21-14;1-3-8-5-2-6-9(4-1)7-8;1-2/h5-6,10-11,14-16,21H,3-4,7-9,12-13H2,1-2H3;8-9H,1-7H2;1-2H3. The summed E-state index contributed by atoms with van der Waals surface area (Å²) in [5, 5.41) is 3.72. The van der Waals surface area contributed by atoms with Crippen LogP contribution in [0, 0.1) is 11.8 Å². The average molecular weight is 544 g/mol. The van der Waals surface area contributed by atoms with E-state index in [0.717, 1.165) is 35.7 Å². The highest BCUT2D eigenvalue weighted by Crippen LogP contribution is 2.39. The van der Waals surface area contributed by atoms with Crippen LogP contribution in [0.15, 0.2) is 29.1 Å². The number of hydrogen-bond acceptors (Lipinski definition) is 5. The summed E-state index contributed by atoms with van der Waals surface area (Å²) in [5.41, 5.74) is 2.13. The molecule has 0 amide bonds.